The highest BCUT2D eigenvalue weighted by Crippen LogP contribution is 2.36. The van der Waals surface area contributed by atoms with Crippen molar-refractivity contribution in [3.05, 3.63) is 95.1 Å². The number of hydrogen-bond acceptors (Lipinski definition) is 3. The lowest BCUT2D eigenvalue weighted by Gasteiger charge is -2.44. The first-order chi connectivity index (χ1) is 15.4. The standard InChI is InChI=1S/C27H28N2O3/c1-4-32-23-15-13-22(14-16-23)29-25(30)24-12-8-7-10-20(24)17-27(29,3)26(31)28-18-21-11-6-5-9-19(21)2/h5-16H,4,17-18H2,1-3H3,(H,28,31)/t27-/m1/s1. The first-order valence-corrected chi connectivity index (χ1v) is 10.9. The van der Waals surface area contributed by atoms with Crippen molar-refractivity contribution in [2.24, 2.45) is 0 Å². The number of amides is 2. The summed E-state index contributed by atoms with van der Waals surface area (Å²) in [4.78, 5) is 28.8. The first-order valence-electron chi connectivity index (χ1n) is 10.9. The topological polar surface area (TPSA) is 58.6 Å². The minimum absolute atomic E-state index is 0.176. The van der Waals surface area contributed by atoms with E-state index in [4.69, 9.17) is 4.74 Å². The zero-order valence-corrected chi connectivity index (χ0v) is 18.7. The van der Waals surface area contributed by atoms with E-state index in [9.17, 15) is 9.59 Å². The molecule has 2 amide bonds. The van der Waals surface area contributed by atoms with Crippen LogP contribution in [-0.4, -0.2) is 24.0 Å². The van der Waals surface area contributed by atoms with Crippen molar-refractivity contribution in [3.8, 4) is 5.75 Å². The van der Waals surface area contributed by atoms with Crippen LogP contribution in [0.4, 0.5) is 5.69 Å². The molecule has 5 heteroatoms. The van der Waals surface area contributed by atoms with Gasteiger partial charge in [-0.25, -0.2) is 0 Å². The number of nitrogens with one attached hydrogen (secondary N) is 1. The monoisotopic (exact) mass is 428 g/mol. The molecule has 164 valence electrons. The van der Waals surface area contributed by atoms with Crippen LogP contribution >= 0.6 is 0 Å². The molecule has 0 saturated heterocycles. The molecule has 4 rings (SSSR count). The Hall–Kier alpha value is -3.60. The number of hydrogen-bond donors (Lipinski definition) is 1. The van der Waals surface area contributed by atoms with Gasteiger partial charge in [-0.15, -0.1) is 0 Å². The molecule has 1 heterocycles. The average molecular weight is 429 g/mol. The molecule has 3 aromatic rings. The van der Waals surface area contributed by atoms with Gasteiger partial charge in [-0.3, -0.25) is 14.5 Å². The van der Waals surface area contributed by atoms with Crippen molar-refractivity contribution >= 4 is 17.5 Å². The number of nitrogens with zero attached hydrogens (tertiary/aromatic N) is 1. The van der Waals surface area contributed by atoms with Crippen molar-refractivity contribution in [1.82, 2.24) is 5.32 Å². The summed E-state index contributed by atoms with van der Waals surface area (Å²) >= 11 is 0. The number of fused-ring (bicyclic) bond motifs is 1. The quantitative estimate of drug-likeness (QED) is 0.621. The molecule has 1 N–H and O–H groups in total. The lowest BCUT2D eigenvalue weighted by Crippen LogP contribution is -2.63. The molecule has 0 unspecified atom stereocenters. The molecule has 5 nitrogen and oxygen atoms in total. The van der Waals surface area contributed by atoms with Crippen LogP contribution in [-0.2, 0) is 17.8 Å². The number of carbonyl (C=O) groups is 2. The molecule has 0 bridgehead atoms. The molecule has 1 atom stereocenters. The Morgan fingerprint density at radius 3 is 2.44 bits per heavy atom. The molecule has 0 fully saturated rings. The van der Waals surface area contributed by atoms with E-state index in [0.717, 1.165) is 22.4 Å². The third-order valence-electron chi connectivity index (χ3n) is 6.07. The molecule has 3 aromatic carbocycles. The molecule has 1 aliphatic heterocycles. The van der Waals surface area contributed by atoms with Gasteiger partial charge in [0.05, 0.1) is 6.61 Å². The van der Waals surface area contributed by atoms with Crippen LogP contribution in [0.2, 0.25) is 0 Å². The van der Waals surface area contributed by atoms with Crippen molar-refractivity contribution in [2.45, 2.75) is 39.3 Å². The molecular formula is C27H28N2O3. The summed E-state index contributed by atoms with van der Waals surface area (Å²) in [6, 6.07) is 22.8. The Balaban J connectivity index is 1.69. The van der Waals surface area contributed by atoms with E-state index < -0.39 is 5.54 Å². The summed E-state index contributed by atoms with van der Waals surface area (Å²) in [5.41, 5.74) is 3.28. The third kappa shape index (κ3) is 3.98. The zero-order chi connectivity index (χ0) is 22.7. The summed E-state index contributed by atoms with van der Waals surface area (Å²) in [7, 11) is 0. The van der Waals surface area contributed by atoms with Gasteiger partial charge in [0.2, 0.25) is 5.91 Å². The molecule has 32 heavy (non-hydrogen) atoms. The minimum Gasteiger partial charge on any atom is -0.494 e. The summed E-state index contributed by atoms with van der Waals surface area (Å²) in [5, 5.41) is 3.08. The fourth-order valence-corrected chi connectivity index (χ4v) is 4.29. The summed E-state index contributed by atoms with van der Waals surface area (Å²) in [6.07, 6.45) is 0.432. The largest absolute Gasteiger partial charge is 0.494 e. The molecule has 0 spiro atoms. The molecular weight excluding hydrogens is 400 g/mol. The predicted octanol–water partition coefficient (Wildman–Crippen LogP) is 4.67. The van der Waals surface area contributed by atoms with Gasteiger partial charge >= 0.3 is 0 Å². The van der Waals surface area contributed by atoms with E-state index in [2.05, 4.69) is 5.32 Å². The van der Waals surface area contributed by atoms with Crippen LogP contribution in [0.15, 0.2) is 72.8 Å². The van der Waals surface area contributed by atoms with Gasteiger partial charge in [-0.2, -0.15) is 0 Å². The molecule has 0 radical (unpaired) electrons. The fourth-order valence-electron chi connectivity index (χ4n) is 4.29. The van der Waals surface area contributed by atoms with Gasteiger partial charge in [0.1, 0.15) is 11.3 Å². The maximum absolute atomic E-state index is 13.6. The smallest absolute Gasteiger partial charge is 0.259 e. The number of anilines is 1. The zero-order valence-electron chi connectivity index (χ0n) is 18.7. The van der Waals surface area contributed by atoms with Gasteiger partial charge < -0.3 is 10.1 Å². The molecule has 0 aromatic heterocycles. The molecule has 0 aliphatic carbocycles. The lowest BCUT2D eigenvalue weighted by atomic mass is 9.82. The number of benzene rings is 3. The Bertz CT molecular complexity index is 1140. The van der Waals surface area contributed by atoms with Crippen LogP contribution in [0.3, 0.4) is 0 Å². The highest BCUT2D eigenvalue weighted by Gasteiger charge is 2.47. The number of rotatable bonds is 6. The second-order valence-electron chi connectivity index (χ2n) is 8.28. The van der Waals surface area contributed by atoms with E-state index in [0.29, 0.717) is 30.8 Å². The van der Waals surface area contributed by atoms with Crippen LogP contribution in [0.1, 0.15) is 40.9 Å². The highest BCUT2D eigenvalue weighted by molar-refractivity contribution is 6.14. The van der Waals surface area contributed by atoms with Crippen molar-refractivity contribution in [2.75, 3.05) is 11.5 Å². The van der Waals surface area contributed by atoms with Crippen molar-refractivity contribution in [3.63, 3.8) is 0 Å². The number of ether oxygens (including phenoxy) is 1. The van der Waals surface area contributed by atoms with Gasteiger partial charge in [0.25, 0.3) is 5.91 Å². The second kappa shape index (κ2) is 8.87. The Morgan fingerprint density at radius 2 is 1.72 bits per heavy atom. The highest BCUT2D eigenvalue weighted by atomic mass is 16.5. The summed E-state index contributed by atoms with van der Waals surface area (Å²) in [6.45, 7) is 6.76. The Morgan fingerprint density at radius 1 is 1.03 bits per heavy atom. The Labute approximate surface area is 189 Å². The average Bonchev–Trinajstić information content (AvgIpc) is 2.79. The molecule has 1 aliphatic rings. The lowest BCUT2D eigenvalue weighted by molar-refractivity contribution is -0.126. The van der Waals surface area contributed by atoms with E-state index in [1.165, 1.54) is 0 Å². The van der Waals surface area contributed by atoms with Gasteiger partial charge in [-0.05, 0) is 67.8 Å². The Kier molecular flexibility index (Phi) is 5.99. The van der Waals surface area contributed by atoms with Gasteiger partial charge in [-0.1, -0.05) is 42.5 Å². The third-order valence-corrected chi connectivity index (χ3v) is 6.07. The molecule has 0 saturated carbocycles. The van der Waals surface area contributed by atoms with Crippen molar-refractivity contribution in [1.29, 1.82) is 0 Å². The van der Waals surface area contributed by atoms with Crippen LogP contribution in [0, 0.1) is 6.92 Å². The summed E-state index contributed by atoms with van der Waals surface area (Å²) in [5.74, 6) is 0.369. The van der Waals surface area contributed by atoms with Gasteiger partial charge in [0.15, 0.2) is 0 Å². The first kappa shape index (κ1) is 21.6. The normalized spacial score (nSPS) is 17.6. The van der Waals surface area contributed by atoms with E-state index >= 15 is 0 Å². The number of aryl methyl sites for hydroxylation is 1. The maximum atomic E-state index is 13.6. The van der Waals surface area contributed by atoms with Crippen molar-refractivity contribution < 1.29 is 14.3 Å². The van der Waals surface area contributed by atoms with E-state index in [-0.39, 0.29) is 11.8 Å². The maximum Gasteiger partial charge on any atom is 0.259 e. The predicted molar refractivity (Wildman–Crippen MR) is 126 cm³/mol. The minimum atomic E-state index is -1.07. The van der Waals surface area contributed by atoms with Crippen LogP contribution in [0.5, 0.6) is 5.75 Å². The summed E-state index contributed by atoms with van der Waals surface area (Å²) < 4.78 is 5.55. The SMILES string of the molecule is CCOc1ccc(N2C(=O)c3ccccc3C[C@]2(C)C(=O)NCc2ccccc2C)cc1. The van der Waals surface area contributed by atoms with Gasteiger partial charge in [0, 0.05) is 24.2 Å². The van der Waals surface area contributed by atoms with Crippen LogP contribution < -0.4 is 15.0 Å². The number of carbonyl (C=O) groups excluding carboxylic acids is 2. The fraction of sp³-hybridized carbons (Fsp3) is 0.259. The second-order valence-corrected chi connectivity index (χ2v) is 8.28. The van der Waals surface area contributed by atoms with Crippen LogP contribution in [0.25, 0.3) is 0 Å². The van der Waals surface area contributed by atoms with E-state index in [1.54, 1.807) is 4.90 Å². The van der Waals surface area contributed by atoms with E-state index in [1.807, 2.05) is 93.6 Å².